The molecule has 1 aromatic rings. The van der Waals surface area contributed by atoms with Crippen molar-refractivity contribution in [2.75, 3.05) is 11.6 Å². The molecule has 1 aromatic carbocycles. The monoisotopic (exact) mass is 164 g/mol. The van der Waals surface area contributed by atoms with Crippen molar-refractivity contribution >= 4 is 5.69 Å². The Hall–Kier alpha value is -1.02. The number of hydrogen-bond acceptors (Lipinski definition) is 2. The predicted molar refractivity (Wildman–Crippen MR) is 53.1 cm³/mol. The van der Waals surface area contributed by atoms with Crippen molar-refractivity contribution in [1.29, 1.82) is 0 Å². The molecule has 0 aromatic heterocycles. The van der Waals surface area contributed by atoms with Crippen LogP contribution < -0.4 is 10.9 Å². The van der Waals surface area contributed by atoms with Gasteiger partial charge in [-0.2, -0.15) is 0 Å². The molecule has 0 aliphatic rings. The Labute approximate surface area is 74.0 Å². The highest BCUT2D eigenvalue weighted by Gasteiger charge is 2.03. The Morgan fingerprint density at radius 3 is 2.58 bits per heavy atom. The van der Waals surface area contributed by atoms with Crippen LogP contribution in [0.15, 0.2) is 18.2 Å². The van der Waals surface area contributed by atoms with Crippen LogP contribution in [0.5, 0.6) is 0 Å². The van der Waals surface area contributed by atoms with Gasteiger partial charge in [0.25, 0.3) is 0 Å². The first-order valence-corrected chi connectivity index (χ1v) is 4.25. The maximum atomic E-state index is 5.80. The van der Waals surface area contributed by atoms with Crippen LogP contribution in [0.2, 0.25) is 0 Å². The van der Waals surface area contributed by atoms with Gasteiger partial charge in [-0.3, -0.25) is 0 Å². The summed E-state index contributed by atoms with van der Waals surface area (Å²) < 4.78 is 0. The fraction of sp³-hybridized carbons (Fsp3) is 0.400. The second-order valence-corrected chi connectivity index (χ2v) is 3.01. The Morgan fingerprint density at radius 1 is 1.33 bits per heavy atom. The Balaban J connectivity index is 3.07. The van der Waals surface area contributed by atoms with E-state index in [-0.39, 0.29) is 0 Å². The van der Waals surface area contributed by atoms with E-state index >= 15 is 0 Å². The van der Waals surface area contributed by atoms with Crippen LogP contribution in [0, 0.1) is 13.8 Å². The molecule has 0 atom stereocenters. The van der Waals surface area contributed by atoms with E-state index in [1.807, 2.05) is 19.1 Å². The number of rotatable bonds is 2. The molecule has 0 unspecified atom stereocenters. The van der Waals surface area contributed by atoms with Crippen LogP contribution in [0.4, 0.5) is 5.69 Å². The molecule has 0 aliphatic carbocycles. The van der Waals surface area contributed by atoms with Crippen LogP contribution in [-0.4, -0.2) is 6.54 Å². The fourth-order valence-electron chi connectivity index (χ4n) is 1.22. The molecule has 2 N–H and O–H groups in total. The smallest absolute Gasteiger partial charge is 0.0548 e. The number of aryl methyl sites for hydroxylation is 1. The summed E-state index contributed by atoms with van der Waals surface area (Å²) >= 11 is 0. The van der Waals surface area contributed by atoms with Gasteiger partial charge in [0.15, 0.2) is 0 Å². The van der Waals surface area contributed by atoms with E-state index in [1.165, 1.54) is 11.1 Å². The molecule has 2 heteroatoms. The van der Waals surface area contributed by atoms with Crippen molar-refractivity contribution in [3.05, 3.63) is 29.3 Å². The summed E-state index contributed by atoms with van der Waals surface area (Å²) in [4.78, 5) is 0. The standard InChI is InChI=1S/C10H16N2/c1-4-12(11)10-7-5-6-8(2)9(10)3/h5-7H,4,11H2,1-3H3. The number of hydrazine groups is 1. The average molecular weight is 164 g/mol. The summed E-state index contributed by atoms with van der Waals surface area (Å²) in [5, 5.41) is 1.77. The van der Waals surface area contributed by atoms with Gasteiger partial charge in [0.2, 0.25) is 0 Å². The summed E-state index contributed by atoms with van der Waals surface area (Å²) in [6.45, 7) is 7.08. The number of anilines is 1. The molecule has 0 heterocycles. The van der Waals surface area contributed by atoms with Crippen molar-refractivity contribution in [3.63, 3.8) is 0 Å². The van der Waals surface area contributed by atoms with E-state index in [0.717, 1.165) is 12.2 Å². The third-order valence-corrected chi connectivity index (χ3v) is 2.23. The zero-order valence-electron chi connectivity index (χ0n) is 7.96. The molecule has 0 aliphatic heterocycles. The third-order valence-electron chi connectivity index (χ3n) is 2.23. The van der Waals surface area contributed by atoms with Gasteiger partial charge in [-0.05, 0) is 38.0 Å². The SMILES string of the molecule is CCN(N)c1cccc(C)c1C. The minimum absolute atomic E-state index is 0.838. The van der Waals surface area contributed by atoms with Crippen LogP contribution >= 0.6 is 0 Å². The van der Waals surface area contributed by atoms with Crippen molar-refractivity contribution < 1.29 is 0 Å². The molecule has 0 saturated heterocycles. The Bertz CT molecular complexity index is 269. The second-order valence-electron chi connectivity index (χ2n) is 3.01. The van der Waals surface area contributed by atoms with E-state index in [4.69, 9.17) is 5.84 Å². The van der Waals surface area contributed by atoms with Gasteiger partial charge >= 0.3 is 0 Å². The Kier molecular flexibility index (Phi) is 2.71. The third kappa shape index (κ3) is 1.59. The van der Waals surface area contributed by atoms with E-state index in [2.05, 4.69) is 19.9 Å². The number of benzene rings is 1. The molecular formula is C10H16N2. The van der Waals surface area contributed by atoms with Crippen LogP contribution in [-0.2, 0) is 0 Å². The molecule has 0 fully saturated rings. The van der Waals surface area contributed by atoms with Crippen molar-refractivity contribution in [2.24, 2.45) is 5.84 Å². The minimum atomic E-state index is 0.838. The highest BCUT2D eigenvalue weighted by molar-refractivity contribution is 5.54. The second kappa shape index (κ2) is 3.59. The van der Waals surface area contributed by atoms with Gasteiger partial charge in [0, 0.05) is 6.54 Å². The van der Waals surface area contributed by atoms with Crippen molar-refractivity contribution in [1.82, 2.24) is 0 Å². The lowest BCUT2D eigenvalue weighted by molar-refractivity contribution is 0.885. The molecule has 0 saturated carbocycles. The molecule has 12 heavy (non-hydrogen) atoms. The number of nitrogens with zero attached hydrogens (tertiary/aromatic N) is 1. The lowest BCUT2D eigenvalue weighted by Gasteiger charge is -2.19. The number of nitrogens with two attached hydrogens (primary N) is 1. The summed E-state index contributed by atoms with van der Waals surface area (Å²) in [5.41, 5.74) is 3.68. The lowest BCUT2D eigenvalue weighted by atomic mass is 10.1. The summed E-state index contributed by atoms with van der Waals surface area (Å²) in [5.74, 6) is 5.80. The normalized spacial score (nSPS) is 10.0. The lowest BCUT2D eigenvalue weighted by Crippen LogP contribution is -2.30. The van der Waals surface area contributed by atoms with Gasteiger partial charge < -0.3 is 5.01 Å². The zero-order chi connectivity index (χ0) is 9.14. The molecule has 2 nitrogen and oxygen atoms in total. The Morgan fingerprint density at radius 2 is 2.00 bits per heavy atom. The topological polar surface area (TPSA) is 29.3 Å². The van der Waals surface area contributed by atoms with Gasteiger partial charge in [0.1, 0.15) is 0 Å². The van der Waals surface area contributed by atoms with Crippen LogP contribution in [0.1, 0.15) is 18.1 Å². The quantitative estimate of drug-likeness (QED) is 0.535. The van der Waals surface area contributed by atoms with E-state index in [1.54, 1.807) is 5.01 Å². The van der Waals surface area contributed by atoms with Gasteiger partial charge in [-0.1, -0.05) is 12.1 Å². The summed E-state index contributed by atoms with van der Waals surface area (Å²) in [6.07, 6.45) is 0. The maximum Gasteiger partial charge on any atom is 0.0548 e. The molecular weight excluding hydrogens is 148 g/mol. The van der Waals surface area contributed by atoms with E-state index in [9.17, 15) is 0 Å². The first-order valence-electron chi connectivity index (χ1n) is 4.25. The summed E-state index contributed by atoms with van der Waals surface area (Å²) in [6, 6.07) is 6.18. The van der Waals surface area contributed by atoms with Crippen LogP contribution in [0.25, 0.3) is 0 Å². The molecule has 0 bridgehead atoms. The molecule has 1 rings (SSSR count). The maximum absolute atomic E-state index is 5.80. The van der Waals surface area contributed by atoms with Gasteiger partial charge in [-0.25, -0.2) is 5.84 Å². The molecule has 0 amide bonds. The number of hydrogen-bond donors (Lipinski definition) is 1. The highest BCUT2D eigenvalue weighted by atomic mass is 15.4. The first kappa shape index (κ1) is 9.07. The fourth-order valence-corrected chi connectivity index (χ4v) is 1.22. The van der Waals surface area contributed by atoms with Crippen molar-refractivity contribution in [3.8, 4) is 0 Å². The first-order chi connectivity index (χ1) is 5.66. The van der Waals surface area contributed by atoms with Gasteiger partial charge in [0.05, 0.1) is 5.69 Å². The minimum Gasteiger partial charge on any atom is -0.311 e. The molecule has 66 valence electrons. The van der Waals surface area contributed by atoms with E-state index < -0.39 is 0 Å². The highest BCUT2D eigenvalue weighted by Crippen LogP contribution is 2.19. The van der Waals surface area contributed by atoms with Crippen molar-refractivity contribution in [2.45, 2.75) is 20.8 Å². The zero-order valence-corrected chi connectivity index (χ0v) is 7.96. The van der Waals surface area contributed by atoms with Crippen LogP contribution in [0.3, 0.4) is 0 Å². The summed E-state index contributed by atoms with van der Waals surface area (Å²) in [7, 11) is 0. The largest absolute Gasteiger partial charge is 0.311 e. The van der Waals surface area contributed by atoms with E-state index in [0.29, 0.717) is 0 Å². The molecule has 0 radical (unpaired) electrons. The average Bonchev–Trinajstić information content (AvgIpc) is 2.08. The predicted octanol–water partition coefficient (Wildman–Crippen LogP) is 2.00. The molecule has 0 spiro atoms. The van der Waals surface area contributed by atoms with Gasteiger partial charge in [-0.15, -0.1) is 0 Å².